The smallest absolute Gasteiger partial charge is 0.329 e. The molecule has 1 aromatic heterocycles. The third-order valence-electron chi connectivity index (χ3n) is 3.98. The van der Waals surface area contributed by atoms with E-state index in [1.165, 1.54) is 7.41 Å². The summed E-state index contributed by atoms with van der Waals surface area (Å²) in [5.74, 6) is 0. The number of halogens is 1. The summed E-state index contributed by atoms with van der Waals surface area (Å²) in [6, 6.07) is 7.76. The maximum Gasteiger partial charge on any atom is 0.329 e. The van der Waals surface area contributed by atoms with Crippen LogP contribution in [0.3, 0.4) is 0 Å². The number of carbonyl (C=O) groups excluding carboxylic acids is 1. The van der Waals surface area contributed by atoms with E-state index in [0.29, 0.717) is 17.8 Å². The predicted molar refractivity (Wildman–Crippen MR) is 90.1 cm³/mol. The largest absolute Gasteiger partial charge is 0.410 e. The van der Waals surface area contributed by atoms with Crippen LogP contribution in [0.1, 0.15) is 25.0 Å². The molecule has 0 N–H and O–H groups in total. The number of anilines is 1. The van der Waals surface area contributed by atoms with Crippen LogP contribution >= 0.6 is 11.6 Å². The molecule has 2 heterocycles. The molecule has 3 rings (SSSR count). The van der Waals surface area contributed by atoms with Crippen molar-refractivity contribution in [3.63, 3.8) is 0 Å². The van der Waals surface area contributed by atoms with Gasteiger partial charge in [0.15, 0.2) is 0 Å². The van der Waals surface area contributed by atoms with Crippen molar-refractivity contribution in [2.24, 2.45) is 0 Å². The summed E-state index contributed by atoms with van der Waals surface area (Å²) in [5.41, 5.74) is 3.60. The molecule has 113 valence electrons. The van der Waals surface area contributed by atoms with Crippen LogP contribution in [0.4, 0.5) is 5.69 Å². The van der Waals surface area contributed by atoms with Crippen LogP contribution in [0.25, 0.3) is 11.3 Å². The van der Waals surface area contributed by atoms with Gasteiger partial charge in [0.2, 0.25) is 5.28 Å². The summed E-state index contributed by atoms with van der Waals surface area (Å²) in [4.78, 5) is 20.8. The average Bonchev–Trinajstić information content (AvgIpc) is 2.78. The second-order valence-electron chi connectivity index (χ2n) is 6.04. The van der Waals surface area contributed by atoms with Gasteiger partial charge >= 0.3 is 7.41 Å². The number of hydrogen-bond acceptors (Lipinski definition) is 5. The van der Waals surface area contributed by atoms with E-state index in [1.54, 1.807) is 18.3 Å². The van der Waals surface area contributed by atoms with E-state index in [-0.39, 0.29) is 10.7 Å². The number of nitriles is 1. The molecule has 0 unspecified atom stereocenters. The molecule has 1 aliphatic heterocycles. The second-order valence-corrected chi connectivity index (χ2v) is 6.38. The Balaban J connectivity index is 2.22. The predicted octanol–water partition coefficient (Wildman–Crippen LogP) is 2.58. The van der Waals surface area contributed by atoms with Gasteiger partial charge < -0.3 is 9.61 Å². The lowest BCUT2D eigenvalue weighted by atomic mass is 9.84. The highest BCUT2D eigenvalue weighted by atomic mass is 35.5. The Morgan fingerprint density at radius 2 is 2.26 bits per heavy atom. The molecule has 5 nitrogen and oxygen atoms in total. The number of rotatable bonds is 3. The molecule has 1 aromatic carbocycles. The van der Waals surface area contributed by atoms with Crippen LogP contribution in [0.2, 0.25) is 5.28 Å². The molecule has 0 aliphatic carbocycles. The topological polar surface area (TPSA) is 69.9 Å². The fourth-order valence-electron chi connectivity index (χ4n) is 2.98. The van der Waals surface area contributed by atoms with Gasteiger partial charge in [-0.2, -0.15) is 5.26 Å². The number of benzene rings is 1. The quantitative estimate of drug-likeness (QED) is 0.493. The van der Waals surface area contributed by atoms with Crippen molar-refractivity contribution < 1.29 is 4.79 Å². The Morgan fingerprint density at radius 3 is 2.91 bits per heavy atom. The van der Waals surface area contributed by atoms with Crippen LogP contribution < -0.4 is 4.81 Å². The zero-order chi connectivity index (χ0) is 16.6. The first-order valence-electron chi connectivity index (χ1n) is 7.09. The lowest BCUT2D eigenvalue weighted by Gasteiger charge is -2.20. The number of hydrogen-bond donors (Lipinski definition) is 0. The molecule has 1 radical (unpaired) electrons. The Morgan fingerprint density at radius 1 is 1.48 bits per heavy atom. The van der Waals surface area contributed by atoms with Gasteiger partial charge in [-0.05, 0) is 35.4 Å². The first-order valence-corrected chi connectivity index (χ1v) is 7.47. The minimum Gasteiger partial charge on any atom is -0.410 e. The Bertz CT molecular complexity index is 831. The average molecular weight is 324 g/mol. The van der Waals surface area contributed by atoms with Crippen molar-refractivity contribution in [3.05, 3.63) is 40.8 Å². The molecule has 0 amide bonds. The Hall–Kier alpha value is -2.39. The van der Waals surface area contributed by atoms with Crippen molar-refractivity contribution in [3.8, 4) is 17.3 Å². The summed E-state index contributed by atoms with van der Waals surface area (Å²) in [5, 5.41) is 9.71. The molecule has 0 atom stereocenters. The van der Waals surface area contributed by atoms with Gasteiger partial charge in [-0.15, -0.1) is 0 Å². The maximum atomic E-state index is 10.9. The summed E-state index contributed by atoms with van der Waals surface area (Å²) in [6.45, 7) is 4.81. The lowest BCUT2D eigenvalue weighted by Crippen LogP contribution is -2.32. The van der Waals surface area contributed by atoms with Crippen molar-refractivity contribution >= 4 is 30.9 Å². The van der Waals surface area contributed by atoms with Crippen molar-refractivity contribution in [2.75, 3.05) is 11.4 Å². The normalized spacial score (nSPS) is 15.0. The first-order chi connectivity index (χ1) is 11.0. The molecule has 2 aromatic rings. The van der Waals surface area contributed by atoms with E-state index in [2.05, 4.69) is 29.9 Å². The molecule has 0 fully saturated rings. The van der Waals surface area contributed by atoms with Crippen LogP contribution in [0.5, 0.6) is 0 Å². The van der Waals surface area contributed by atoms with Crippen molar-refractivity contribution in [2.45, 2.75) is 19.3 Å². The third-order valence-corrected chi connectivity index (χ3v) is 4.16. The van der Waals surface area contributed by atoms with E-state index < -0.39 is 0 Å². The zero-order valence-electron chi connectivity index (χ0n) is 12.7. The van der Waals surface area contributed by atoms with E-state index in [1.807, 2.05) is 10.9 Å². The van der Waals surface area contributed by atoms with Crippen LogP contribution in [0, 0.1) is 11.3 Å². The molecule has 0 bridgehead atoms. The fraction of sp³-hybridized carbons (Fsp3) is 0.250. The zero-order valence-corrected chi connectivity index (χ0v) is 13.5. The Kier molecular flexibility index (Phi) is 3.82. The number of carbonyl (C=O) groups is 1. The molecular weight excluding hydrogens is 310 g/mol. The molecule has 0 spiro atoms. The van der Waals surface area contributed by atoms with Gasteiger partial charge in [0.25, 0.3) is 0 Å². The SMILES string of the molecule is CC1(C)CN([B]C=O)c2c(C#N)cc(-c3ccnc(Cl)n3)cc21. The second kappa shape index (κ2) is 5.67. The van der Waals surface area contributed by atoms with Crippen LogP contribution in [-0.2, 0) is 10.2 Å². The summed E-state index contributed by atoms with van der Waals surface area (Å²) < 4.78 is 0. The van der Waals surface area contributed by atoms with Crippen LogP contribution in [-0.4, -0.2) is 30.1 Å². The van der Waals surface area contributed by atoms with Gasteiger partial charge in [-0.25, -0.2) is 9.97 Å². The van der Waals surface area contributed by atoms with Gasteiger partial charge in [0, 0.05) is 29.4 Å². The monoisotopic (exact) mass is 323 g/mol. The van der Waals surface area contributed by atoms with Crippen molar-refractivity contribution in [1.82, 2.24) is 9.97 Å². The molecular formula is C16H13BClN4O. The maximum absolute atomic E-state index is 10.9. The molecule has 0 saturated carbocycles. The summed E-state index contributed by atoms with van der Waals surface area (Å²) in [7, 11) is 1.47. The van der Waals surface area contributed by atoms with E-state index in [4.69, 9.17) is 11.6 Å². The summed E-state index contributed by atoms with van der Waals surface area (Å²) in [6.07, 6.45) is 2.33. The van der Waals surface area contributed by atoms with E-state index in [0.717, 1.165) is 23.0 Å². The van der Waals surface area contributed by atoms with Gasteiger partial charge in [-0.3, -0.25) is 0 Å². The van der Waals surface area contributed by atoms with Gasteiger partial charge in [0.1, 0.15) is 12.3 Å². The fourth-order valence-corrected chi connectivity index (χ4v) is 3.13. The number of nitrogens with zero attached hydrogens (tertiary/aromatic N) is 4. The van der Waals surface area contributed by atoms with Gasteiger partial charge in [0.05, 0.1) is 11.3 Å². The molecule has 0 saturated heterocycles. The standard InChI is InChI=1S/C16H13BClN4O/c1-16(2)8-22(17-9-23)14-11(7-19)5-10(6-12(14)16)13-3-4-20-15(18)21-13/h3-6,9H,8H2,1-2H3. The van der Waals surface area contributed by atoms with Crippen LogP contribution in [0.15, 0.2) is 24.4 Å². The Labute approximate surface area is 140 Å². The minimum atomic E-state index is -0.187. The number of fused-ring (bicyclic) bond motifs is 1. The lowest BCUT2D eigenvalue weighted by molar-refractivity contribution is 0.565. The molecule has 7 heteroatoms. The highest BCUT2D eigenvalue weighted by Gasteiger charge is 2.37. The van der Waals surface area contributed by atoms with Gasteiger partial charge in [-0.1, -0.05) is 13.8 Å². The summed E-state index contributed by atoms with van der Waals surface area (Å²) >= 11 is 5.87. The molecule has 23 heavy (non-hydrogen) atoms. The number of aromatic nitrogens is 2. The third kappa shape index (κ3) is 2.68. The molecule has 1 aliphatic rings. The van der Waals surface area contributed by atoms with E-state index in [9.17, 15) is 10.1 Å². The first kappa shape index (κ1) is 15.5. The van der Waals surface area contributed by atoms with E-state index >= 15 is 0 Å². The highest BCUT2D eigenvalue weighted by Crippen LogP contribution is 2.44. The highest BCUT2D eigenvalue weighted by molar-refractivity contribution is 6.70. The van der Waals surface area contributed by atoms with Crippen molar-refractivity contribution in [1.29, 1.82) is 5.26 Å². The minimum absolute atomic E-state index is 0.164.